The van der Waals surface area contributed by atoms with Gasteiger partial charge in [-0.05, 0) is 18.2 Å². The molecule has 0 aliphatic heterocycles. The zero-order valence-electron chi connectivity index (χ0n) is 12.4. The third kappa shape index (κ3) is 5.02. The summed E-state index contributed by atoms with van der Waals surface area (Å²) in [5.41, 5.74) is 0.493. The maximum atomic E-state index is 13.4. The fraction of sp³-hybridized carbons (Fsp3) is 0.294. The standard InChI is InChI=1S/C17H19FO3S/c1-20-16-8-4-5-9-17(16)22-12-14(19)11-21-10-13-6-2-3-7-15(13)18/h2-9,14,19H,10-12H2,1H3. The molecule has 0 saturated heterocycles. The molecule has 22 heavy (non-hydrogen) atoms. The maximum Gasteiger partial charge on any atom is 0.132 e. The van der Waals surface area contributed by atoms with Gasteiger partial charge in [0.1, 0.15) is 11.6 Å². The minimum atomic E-state index is -0.623. The molecule has 0 aliphatic carbocycles. The Morgan fingerprint density at radius 2 is 1.86 bits per heavy atom. The van der Waals surface area contributed by atoms with Crippen LogP contribution in [-0.4, -0.2) is 30.7 Å². The quantitative estimate of drug-likeness (QED) is 0.755. The monoisotopic (exact) mass is 322 g/mol. The predicted octanol–water partition coefficient (Wildman–Crippen LogP) is 3.50. The molecule has 2 rings (SSSR count). The lowest BCUT2D eigenvalue weighted by Crippen LogP contribution is -2.18. The lowest BCUT2D eigenvalue weighted by molar-refractivity contribution is 0.0387. The van der Waals surface area contributed by atoms with Crippen molar-refractivity contribution in [1.29, 1.82) is 0 Å². The van der Waals surface area contributed by atoms with Crippen LogP contribution in [-0.2, 0) is 11.3 Å². The van der Waals surface area contributed by atoms with Gasteiger partial charge in [0.15, 0.2) is 0 Å². The molecule has 1 unspecified atom stereocenters. The van der Waals surface area contributed by atoms with E-state index >= 15 is 0 Å². The molecule has 2 aromatic rings. The normalized spacial score (nSPS) is 12.1. The van der Waals surface area contributed by atoms with Crippen LogP contribution in [0.5, 0.6) is 5.75 Å². The number of aliphatic hydroxyl groups excluding tert-OH is 1. The molecular weight excluding hydrogens is 303 g/mol. The average Bonchev–Trinajstić information content (AvgIpc) is 2.55. The number of benzene rings is 2. The molecule has 0 radical (unpaired) electrons. The number of thioether (sulfide) groups is 1. The Morgan fingerprint density at radius 1 is 1.14 bits per heavy atom. The van der Waals surface area contributed by atoms with Crippen molar-refractivity contribution in [3.63, 3.8) is 0 Å². The Labute approximate surface area is 134 Å². The summed E-state index contributed by atoms with van der Waals surface area (Å²) in [6.45, 7) is 0.319. The molecule has 1 atom stereocenters. The van der Waals surface area contributed by atoms with Crippen LogP contribution < -0.4 is 4.74 Å². The van der Waals surface area contributed by atoms with Crippen molar-refractivity contribution >= 4 is 11.8 Å². The van der Waals surface area contributed by atoms with Gasteiger partial charge in [0.05, 0.1) is 26.4 Å². The van der Waals surface area contributed by atoms with E-state index in [1.807, 2.05) is 24.3 Å². The van der Waals surface area contributed by atoms with Crippen LogP contribution >= 0.6 is 11.8 Å². The van der Waals surface area contributed by atoms with Crippen LogP contribution in [0.4, 0.5) is 4.39 Å². The molecule has 5 heteroatoms. The van der Waals surface area contributed by atoms with Crippen molar-refractivity contribution in [1.82, 2.24) is 0 Å². The van der Waals surface area contributed by atoms with Gasteiger partial charge in [-0.1, -0.05) is 30.3 Å². The molecule has 118 valence electrons. The lowest BCUT2D eigenvalue weighted by Gasteiger charge is -2.13. The van der Waals surface area contributed by atoms with Gasteiger partial charge in [-0.3, -0.25) is 0 Å². The number of ether oxygens (including phenoxy) is 2. The van der Waals surface area contributed by atoms with E-state index in [-0.39, 0.29) is 19.0 Å². The topological polar surface area (TPSA) is 38.7 Å². The summed E-state index contributed by atoms with van der Waals surface area (Å²) >= 11 is 1.50. The van der Waals surface area contributed by atoms with E-state index in [0.717, 1.165) is 10.6 Å². The molecule has 0 bridgehead atoms. The summed E-state index contributed by atoms with van der Waals surface area (Å²) in [4.78, 5) is 0.971. The molecule has 0 heterocycles. The fourth-order valence-electron chi connectivity index (χ4n) is 1.89. The van der Waals surface area contributed by atoms with Gasteiger partial charge in [-0.2, -0.15) is 0 Å². The number of rotatable bonds is 8. The molecule has 0 aromatic heterocycles. The molecule has 0 spiro atoms. The van der Waals surface area contributed by atoms with Gasteiger partial charge >= 0.3 is 0 Å². The Morgan fingerprint density at radius 3 is 2.64 bits per heavy atom. The lowest BCUT2D eigenvalue weighted by atomic mass is 10.2. The van der Waals surface area contributed by atoms with Crippen molar-refractivity contribution in [3.8, 4) is 5.75 Å². The second-order valence-corrected chi connectivity index (χ2v) is 5.78. The zero-order chi connectivity index (χ0) is 15.8. The van der Waals surface area contributed by atoms with E-state index in [4.69, 9.17) is 9.47 Å². The SMILES string of the molecule is COc1ccccc1SCC(O)COCc1ccccc1F. The van der Waals surface area contributed by atoms with Crippen molar-refractivity contribution in [2.24, 2.45) is 0 Å². The highest BCUT2D eigenvalue weighted by molar-refractivity contribution is 7.99. The van der Waals surface area contributed by atoms with Gasteiger partial charge in [-0.25, -0.2) is 4.39 Å². The van der Waals surface area contributed by atoms with E-state index in [1.165, 1.54) is 17.8 Å². The van der Waals surface area contributed by atoms with Crippen molar-refractivity contribution < 1.29 is 19.0 Å². The number of halogens is 1. The smallest absolute Gasteiger partial charge is 0.132 e. The number of hydrogen-bond donors (Lipinski definition) is 1. The third-order valence-electron chi connectivity index (χ3n) is 3.03. The Balaban J connectivity index is 1.74. The summed E-state index contributed by atoms with van der Waals surface area (Å²) in [6.07, 6.45) is -0.623. The van der Waals surface area contributed by atoms with Gasteiger partial charge in [0.2, 0.25) is 0 Å². The molecule has 2 aromatic carbocycles. The van der Waals surface area contributed by atoms with Crippen molar-refractivity contribution in [3.05, 3.63) is 59.9 Å². The van der Waals surface area contributed by atoms with Crippen LogP contribution in [0, 0.1) is 5.82 Å². The maximum absolute atomic E-state index is 13.4. The van der Waals surface area contributed by atoms with Crippen LogP contribution in [0.15, 0.2) is 53.4 Å². The second-order valence-electron chi connectivity index (χ2n) is 4.72. The summed E-state index contributed by atoms with van der Waals surface area (Å²) in [7, 11) is 1.62. The summed E-state index contributed by atoms with van der Waals surface area (Å²) in [6, 6.07) is 14.1. The van der Waals surface area contributed by atoms with Crippen LogP contribution in [0.25, 0.3) is 0 Å². The van der Waals surface area contributed by atoms with Gasteiger partial charge in [0.25, 0.3) is 0 Å². The van der Waals surface area contributed by atoms with E-state index in [9.17, 15) is 9.50 Å². The van der Waals surface area contributed by atoms with E-state index in [0.29, 0.717) is 11.3 Å². The molecule has 3 nitrogen and oxygen atoms in total. The predicted molar refractivity (Wildman–Crippen MR) is 85.8 cm³/mol. The van der Waals surface area contributed by atoms with Gasteiger partial charge in [-0.15, -0.1) is 11.8 Å². The molecule has 0 fully saturated rings. The summed E-state index contributed by atoms with van der Waals surface area (Å²) in [5.74, 6) is 0.977. The Kier molecular flexibility index (Phi) is 6.71. The first kappa shape index (κ1) is 16.8. The van der Waals surface area contributed by atoms with Crippen LogP contribution in [0.1, 0.15) is 5.56 Å². The highest BCUT2D eigenvalue weighted by Gasteiger charge is 2.09. The first-order valence-electron chi connectivity index (χ1n) is 6.95. The second kappa shape index (κ2) is 8.78. The number of aliphatic hydroxyl groups is 1. The Bertz CT molecular complexity index is 592. The minimum Gasteiger partial charge on any atom is -0.496 e. The minimum absolute atomic E-state index is 0.156. The van der Waals surface area contributed by atoms with Crippen LogP contribution in [0.3, 0.4) is 0 Å². The first-order chi connectivity index (χ1) is 10.7. The first-order valence-corrected chi connectivity index (χ1v) is 7.94. The van der Waals surface area contributed by atoms with Crippen molar-refractivity contribution in [2.45, 2.75) is 17.6 Å². The largest absolute Gasteiger partial charge is 0.496 e. The van der Waals surface area contributed by atoms with Crippen molar-refractivity contribution in [2.75, 3.05) is 19.5 Å². The highest BCUT2D eigenvalue weighted by atomic mass is 32.2. The van der Waals surface area contributed by atoms with Crippen LogP contribution in [0.2, 0.25) is 0 Å². The third-order valence-corrected chi connectivity index (χ3v) is 4.23. The number of methoxy groups -OCH3 is 1. The Hall–Kier alpha value is -1.56. The molecular formula is C17H19FO3S. The van der Waals surface area contributed by atoms with Gasteiger partial charge < -0.3 is 14.6 Å². The molecule has 0 aliphatic rings. The number of hydrogen-bond acceptors (Lipinski definition) is 4. The summed E-state index contributed by atoms with van der Waals surface area (Å²) < 4.78 is 24.0. The fourth-order valence-corrected chi connectivity index (χ4v) is 2.83. The van der Waals surface area contributed by atoms with E-state index in [1.54, 1.807) is 25.3 Å². The van der Waals surface area contributed by atoms with Gasteiger partial charge in [0, 0.05) is 16.2 Å². The molecule has 1 N–H and O–H groups in total. The van der Waals surface area contributed by atoms with E-state index < -0.39 is 6.10 Å². The average molecular weight is 322 g/mol. The number of para-hydroxylation sites is 1. The molecule has 0 amide bonds. The van der Waals surface area contributed by atoms with E-state index in [2.05, 4.69) is 0 Å². The molecule has 0 saturated carbocycles. The highest BCUT2D eigenvalue weighted by Crippen LogP contribution is 2.29. The summed E-state index contributed by atoms with van der Waals surface area (Å²) in [5, 5.41) is 9.94. The zero-order valence-corrected chi connectivity index (χ0v) is 13.2.